The molecule has 10 nitrogen and oxygen atoms in total. The molecule has 0 atom stereocenters. The molecule has 34 heavy (non-hydrogen) atoms. The first kappa shape index (κ1) is 21.0. The number of fused-ring (bicyclic) bond motifs is 2. The Labute approximate surface area is 197 Å². The van der Waals surface area contributed by atoms with Crippen molar-refractivity contribution in [2.24, 2.45) is 7.05 Å². The van der Waals surface area contributed by atoms with Gasteiger partial charge >= 0.3 is 0 Å². The quantitative estimate of drug-likeness (QED) is 0.473. The third-order valence-corrected chi connectivity index (χ3v) is 6.71. The van der Waals surface area contributed by atoms with Gasteiger partial charge in [0.05, 0.1) is 29.5 Å². The maximum atomic E-state index is 13.2. The van der Waals surface area contributed by atoms with Crippen molar-refractivity contribution in [2.75, 3.05) is 23.3 Å². The first-order valence-electron chi connectivity index (χ1n) is 11.9. The van der Waals surface area contributed by atoms with Gasteiger partial charge in [0.2, 0.25) is 0 Å². The Hall–Kier alpha value is -3.53. The number of piperidine rings is 1. The molecule has 4 aromatic heterocycles. The second kappa shape index (κ2) is 8.05. The highest BCUT2D eigenvalue weighted by Crippen LogP contribution is 2.30. The molecular formula is C24H29N9O. The van der Waals surface area contributed by atoms with Crippen molar-refractivity contribution in [1.29, 1.82) is 0 Å². The fraction of sp³-hybridized carbons (Fsp3) is 0.458. The number of nitrogens with one attached hydrogen (secondary N) is 2. The number of amides is 1. The van der Waals surface area contributed by atoms with Crippen molar-refractivity contribution in [3.63, 3.8) is 0 Å². The molecule has 1 aliphatic heterocycles. The predicted molar refractivity (Wildman–Crippen MR) is 130 cm³/mol. The van der Waals surface area contributed by atoms with Crippen LogP contribution in [0.15, 0.2) is 24.8 Å². The second-order valence-electron chi connectivity index (χ2n) is 9.54. The van der Waals surface area contributed by atoms with Crippen molar-refractivity contribution >= 4 is 34.0 Å². The van der Waals surface area contributed by atoms with Gasteiger partial charge in [-0.15, -0.1) is 0 Å². The second-order valence-corrected chi connectivity index (χ2v) is 9.54. The van der Waals surface area contributed by atoms with Crippen LogP contribution in [0.25, 0.3) is 16.6 Å². The molecule has 176 valence electrons. The molecule has 1 saturated carbocycles. The van der Waals surface area contributed by atoms with E-state index in [4.69, 9.17) is 0 Å². The van der Waals surface area contributed by atoms with Crippen molar-refractivity contribution in [3.8, 4) is 0 Å². The van der Waals surface area contributed by atoms with Crippen molar-refractivity contribution in [1.82, 2.24) is 34.4 Å². The van der Waals surface area contributed by atoms with Crippen LogP contribution < -0.4 is 15.5 Å². The predicted octanol–water partition coefficient (Wildman–Crippen LogP) is 2.60. The van der Waals surface area contributed by atoms with Crippen LogP contribution in [0, 0.1) is 13.8 Å². The molecule has 1 saturated heterocycles. The molecule has 0 aromatic carbocycles. The summed E-state index contributed by atoms with van der Waals surface area (Å²) in [5.41, 5.74) is 4.35. The fourth-order valence-corrected chi connectivity index (χ4v) is 4.94. The van der Waals surface area contributed by atoms with Crippen molar-refractivity contribution < 1.29 is 4.79 Å². The number of imidazole rings is 1. The van der Waals surface area contributed by atoms with Crippen LogP contribution in [0.3, 0.4) is 0 Å². The molecule has 2 aliphatic rings. The third-order valence-electron chi connectivity index (χ3n) is 6.71. The van der Waals surface area contributed by atoms with E-state index in [0.717, 1.165) is 54.4 Å². The Balaban J connectivity index is 1.26. The lowest BCUT2D eigenvalue weighted by Crippen LogP contribution is -2.43. The average Bonchev–Trinajstić information content (AvgIpc) is 3.38. The summed E-state index contributed by atoms with van der Waals surface area (Å²) >= 11 is 0. The summed E-state index contributed by atoms with van der Waals surface area (Å²) in [6.45, 7) is 5.77. The first-order valence-corrected chi connectivity index (χ1v) is 11.9. The van der Waals surface area contributed by atoms with Gasteiger partial charge in [0, 0.05) is 50.0 Å². The number of pyridine rings is 1. The van der Waals surface area contributed by atoms with Crippen LogP contribution in [0.4, 0.5) is 11.5 Å². The molecule has 1 aliphatic carbocycles. The summed E-state index contributed by atoms with van der Waals surface area (Å²) in [5.74, 6) is 0.133. The molecule has 5 heterocycles. The lowest BCUT2D eigenvalue weighted by Gasteiger charge is -2.34. The van der Waals surface area contributed by atoms with Gasteiger partial charge in [-0.2, -0.15) is 5.10 Å². The minimum absolute atomic E-state index is 0.299. The third kappa shape index (κ3) is 3.87. The molecule has 0 spiro atoms. The summed E-state index contributed by atoms with van der Waals surface area (Å²) in [4.78, 5) is 29.1. The lowest BCUT2D eigenvalue weighted by molar-refractivity contribution is 0.102. The van der Waals surface area contributed by atoms with Gasteiger partial charge in [-0.05, 0) is 39.5 Å². The van der Waals surface area contributed by atoms with Crippen LogP contribution in [0.2, 0.25) is 0 Å². The van der Waals surface area contributed by atoms with E-state index in [0.29, 0.717) is 28.7 Å². The number of hydrogen-bond donors (Lipinski definition) is 2. The summed E-state index contributed by atoms with van der Waals surface area (Å²) in [6, 6.07) is 1.33. The largest absolute Gasteiger partial charge is 0.370 e. The molecule has 2 N–H and O–H groups in total. The monoisotopic (exact) mass is 459 g/mol. The zero-order valence-corrected chi connectivity index (χ0v) is 19.7. The lowest BCUT2D eigenvalue weighted by atomic mass is 10.0. The first-order chi connectivity index (χ1) is 16.4. The van der Waals surface area contributed by atoms with Crippen LogP contribution >= 0.6 is 0 Å². The number of aryl methyl sites for hydroxylation is 3. The highest BCUT2D eigenvalue weighted by atomic mass is 16.2. The van der Waals surface area contributed by atoms with Crippen molar-refractivity contribution in [2.45, 2.75) is 51.6 Å². The van der Waals surface area contributed by atoms with E-state index in [2.05, 4.69) is 35.6 Å². The molecule has 0 unspecified atom stereocenters. The molecular weight excluding hydrogens is 430 g/mol. The Morgan fingerprint density at radius 1 is 1.03 bits per heavy atom. The van der Waals surface area contributed by atoms with E-state index in [-0.39, 0.29) is 5.91 Å². The Bertz CT molecular complexity index is 1390. The topological polar surface area (TPSA) is 105 Å². The van der Waals surface area contributed by atoms with Crippen LogP contribution in [0.1, 0.15) is 47.6 Å². The van der Waals surface area contributed by atoms with Gasteiger partial charge in [-0.25, -0.2) is 9.97 Å². The number of hydrogen-bond acceptors (Lipinski definition) is 7. The number of carbonyl (C=O) groups is 1. The van der Waals surface area contributed by atoms with Gasteiger partial charge in [0.15, 0.2) is 17.2 Å². The Morgan fingerprint density at radius 2 is 1.79 bits per heavy atom. The van der Waals surface area contributed by atoms with E-state index in [9.17, 15) is 4.79 Å². The smallest absolute Gasteiger partial charge is 0.277 e. The molecule has 4 aromatic rings. The summed E-state index contributed by atoms with van der Waals surface area (Å²) in [6.07, 6.45) is 12.3. The SMILES string of the molecule is Cc1cn2cc(NC(=O)c3ncc(N4CCC(NC5CC5)CC4)c4cn(C)nc34)nc2c(C)n1. The van der Waals surface area contributed by atoms with Gasteiger partial charge in [-0.1, -0.05) is 0 Å². The van der Waals surface area contributed by atoms with Gasteiger partial charge < -0.3 is 19.9 Å². The van der Waals surface area contributed by atoms with Crippen LogP contribution in [-0.2, 0) is 7.05 Å². The van der Waals surface area contributed by atoms with Gasteiger partial charge in [-0.3, -0.25) is 14.5 Å². The number of rotatable bonds is 5. The Kier molecular flexibility index (Phi) is 4.98. The number of aromatic nitrogens is 6. The molecule has 2 fully saturated rings. The minimum atomic E-state index is -0.326. The highest BCUT2D eigenvalue weighted by molar-refractivity contribution is 6.12. The zero-order chi connectivity index (χ0) is 23.4. The minimum Gasteiger partial charge on any atom is -0.370 e. The van der Waals surface area contributed by atoms with E-state index >= 15 is 0 Å². The van der Waals surface area contributed by atoms with E-state index in [1.165, 1.54) is 12.8 Å². The standard InChI is InChI=1S/C24H29N9O/c1-14-11-33-13-20(28-23(33)15(2)26-14)29-24(34)22-21-18(12-31(3)30-21)19(10-25-22)32-8-6-17(7-9-32)27-16-4-5-16/h10-13,16-17,27H,4-9H2,1-3H3,(H,29,34). The summed E-state index contributed by atoms with van der Waals surface area (Å²) in [7, 11) is 1.87. The number of carbonyl (C=O) groups excluding carboxylic acids is 1. The van der Waals surface area contributed by atoms with E-state index in [1.807, 2.05) is 43.9 Å². The van der Waals surface area contributed by atoms with Gasteiger partial charge in [0.1, 0.15) is 5.52 Å². The normalized spacial score (nSPS) is 17.1. The molecule has 10 heteroatoms. The summed E-state index contributed by atoms with van der Waals surface area (Å²) < 4.78 is 3.62. The highest BCUT2D eigenvalue weighted by Gasteiger charge is 2.28. The fourth-order valence-electron chi connectivity index (χ4n) is 4.94. The van der Waals surface area contributed by atoms with Crippen LogP contribution in [0.5, 0.6) is 0 Å². The number of nitrogens with zero attached hydrogens (tertiary/aromatic N) is 7. The molecule has 0 radical (unpaired) electrons. The average molecular weight is 460 g/mol. The van der Waals surface area contributed by atoms with E-state index < -0.39 is 0 Å². The Morgan fingerprint density at radius 3 is 2.56 bits per heavy atom. The van der Waals surface area contributed by atoms with Gasteiger partial charge in [0.25, 0.3) is 5.91 Å². The number of anilines is 2. The molecule has 1 amide bonds. The molecule has 0 bridgehead atoms. The maximum absolute atomic E-state index is 13.2. The maximum Gasteiger partial charge on any atom is 0.277 e. The molecule has 6 rings (SSSR count). The van der Waals surface area contributed by atoms with E-state index in [1.54, 1.807) is 10.9 Å². The van der Waals surface area contributed by atoms with Crippen molar-refractivity contribution in [3.05, 3.63) is 41.9 Å². The summed E-state index contributed by atoms with van der Waals surface area (Å²) in [5, 5.41) is 12.2. The zero-order valence-electron chi connectivity index (χ0n) is 19.7. The van der Waals surface area contributed by atoms with Crippen LogP contribution in [-0.4, -0.2) is 60.2 Å².